The molecule has 2 aromatic rings. The zero-order valence-electron chi connectivity index (χ0n) is 15.0. The minimum absolute atomic E-state index is 0.687. The number of rotatable bonds is 4. The number of aryl methyl sites for hydroxylation is 2. The van der Waals surface area contributed by atoms with Crippen molar-refractivity contribution in [3.63, 3.8) is 0 Å². The number of para-hydroxylation sites is 1. The number of fused-ring (bicyclic) bond motifs is 1. The smallest absolute Gasteiger partial charge is 0.225 e. The van der Waals surface area contributed by atoms with Crippen molar-refractivity contribution in [3.05, 3.63) is 41.7 Å². The van der Waals surface area contributed by atoms with E-state index in [1.54, 1.807) is 7.11 Å². The fourth-order valence-corrected chi connectivity index (χ4v) is 5.06. The van der Waals surface area contributed by atoms with Gasteiger partial charge in [0.25, 0.3) is 0 Å². The highest BCUT2D eigenvalue weighted by atomic mass is 32.2. The molecular weight excluding hydrogens is 332 g/mol. The first kappa shape index (κ1) is 16.7. The van der Waals surface area contributed by atoms with Crippen LogP contribution in [0.5, 0.6) is 5.75 Å². The molecule has 6 heteroatoms. The Morgan fingerprint density at radius 1 is 1.00 bits per heavy atom. The number of nitrogens with zero attached hydrogens (tertiary/aromatic N) is 4. The van der Waals surface area contributed by atoms with Crippen LogP contribution < -0.4 is 9.64 Å². The summed E-state index contributed by atoms with van der Waals surface area (Å²) in [4.78, 5) is 12.8. The predicted molar refractivity (Wildman–Crippen MR) is 101 cm³/mol. The molecule has 4 rings (SSSR count). The molecule has 0 amide bonds. The molecule has 2 saturated heterocycles. The van der Waals surface area contributed by atoms with E-state index in [1.165, 1.54) is 4.90 Å². The maximum absolute atomic E-state index is 5.47. The molecule has 132 valence electrons. The average Bonchev–Trinajstić information content (AvgIpc) is 3.13. The van der Waals surface area contributed by atoms with Gasteiger partial charge in [-0.1, -0.05) is 12.1 Å². The van der Waals surface area contributed by atoms with Crippen LogP contribution in [0.2, 0.25) is 0 Å². The van der Waals surface area contributed by atoms with E-state index < -0.39 is 0 Å². The fraction of sp³-hybridized carbons (Fsp3) is 0.474. The Morgan fingerprint density at radius 3 is 2.28 bits per heavy atom. The van der Waals surface area contributed by atoms with Crippen LogP contribution in [0.15, 0.2) is 35.2 Å². The molecular formula is C19H24N4OS. The van der Waals surface area contributed by atoms with E-state index in [0.717, 1.165) is 49.3 Å². The highest BCUT2D eigenvalue weighted by Gasteiger charge is 2.41. The second kappa shape index (κ2) is 6.84. The van der Waals surface area contributed by atoms with Gasteiger partial charge in [-0.05, 0) is 55.8 Å². The van der Waals surface area contributed by atoms with Gasteiger partial charge in [0, 0.05) is 37.6 Å². The lowest BCUT2D eigenvalue weighted by atomic mass is 10.0. The number of hydrogen-bond acceptors (Lipinski definition) is 6. The van der Waals surface area contributed by atoms with Gasteiger partial charge >= 0.3 is 0 Å². The summed E-state index contributed by atoms with van der Waals surface area (Å²) < 4.78 is 7.95. The van der Waals surface area contributed by atoms with Gasteiger partial charge in [-0.3, -0.25) is 0 Å². The molecule has 0 aliphatic carbocycles. The number of ether oxygens (including phenoxy) is 1. The standard InChI is InChI=1S/C19H24N4OS/c1-13-8-14(2)21-19(20-13)22-9-15-11-23(12-16(15)10-22)25-18-7-5-4-6-17(18)24-3/h4-8,15-16H,9-12H2,1-3H3. The van der Waals surface area contributed by atoms with Gasteiger partial charge in [-0.15, -0.1) is 0 Å². The zero-order chi connectivity index (χ0) is 17.4. The van der Waals surface area contributed by atoms with E-state index in [2.05, 4.69) is 31.3 Å². The van der Waals surface area contributed by atoms with Crippen LogP contribution in [0.4, 0.5) is 5.95 Å². The molecule has 0 radical (unpaired) electrons. The highest BCUT2D eigenvalue weighted by molar-refractivity contribution is 7.97. The Labute approximate surface area is 153 Å². The Morgan fingerprint density at radius 2 is 1.64 bits per heavy atom. The lowest BCUT2D eigenvalue weighted by Crippen LogP contribution is -2.27. The quantitative estimate of drug-likeness (QED) is 0.784. The summed E-state index contributed by atoms with van der Waals surface area (Å²) in [6.45, 7) is 8.40. The minimum Gasteiger partial charge on any atom is -0.496 e. The molecule has 0 N–H and O–H groups in total. The fourth-order valence-electron chi connectivity index (χ4n) is 3.87. The van der Waals surface area contributed by atoms with E-state index in [0.29, 0.717) is 11.8 Å². The van der Waals surface area contributed by atoms with Crippen LogP contribution in [0.3, 0.4) is 0 Å². The lowest BCUT2D eigenvalue weighted by molar-refractivity contribution is 0.403. The molecule has 2 fully saturated rings. The highest BCUT2D eigenvalue weighted by Crippen LogP contribution is 2.40. The Kier molecular flexibility index (Phi) is 4.56. The van der Waals surface area contributed by atoms with Crippen molar-refractivity contribution < 1.29 is 4.74 Å². The van der Waals surface area contributed by atoms with Crippen LogP contribution in [-0.2, 0) is 0 Å². The van der Waals surface area contributed by atoms with Gasteiger partial charge < -0.3 is 9.64 Å². The SMILES string of the molecule is COc1ccccc1SN1CC2CN(c3nc(C)cc(C)n3)CC2C1. The number of anilines is 1. The van der Waals surface area contributed by atoms with Crippen molar-refractivity contribution >= 4 is 17.9 Å². The molecule has 0 bridgehead atoms. The molecule has 1 aromatic carbocycles. The third-order valence-electron chi connectivity index (χ3n) is 5.00. The Balaban J connectivity index is 1.40. The first-order chi connectivity index (χ1) is 12.1. The van der Waals surface area contributed by atoms with Crippen molar-refractivity contribution in [2.24, 2.45) is 11.8 Å². The summed E-state index contributed by atoms with van der Waals surface area (Å²) in [5, 5.41) is 0. The third kappa shape index (κ3) is 3.46. The molecule has 1 aromatic heterocycles. The molecule has 2 aliphatic heterocycles. The third-order valence-corrected chi connectivity index (χ3v) is 6.09. The van der Waals surface area contributed by atoms with E-state index in [9.17, 15) is 0 Å². The second-order valence-corrected chi connectivity index (χ2v) is 8.10. The summed E-state index contributed by atoms with van der Waals surface area (Å²) in [5.41, 5.74) is 2.10. The maximum Gasteiger partial charge on any atom is 0.225 e. The van der Waals surface area contributed by atoms with Crippen molar-refractivity contribution in [2.45, 2.75) is 18.7 Å². The van der Waals surface area contributed by atoms with Crippen molar-refractivity contribution in [1.82, 2.24) is 14.3 Å². The van der Waals surface area contributed by atoms with Crippen molar-refractivity contribution in [1.29, 1.82) is 0 Å². The largest absolute Gasteiger partial charge is 0.496 e. The van der Waals surface area contributed by atoms with Gasteiger partial charge in [-0.2, -0.15) is 0 Å². The average molecular weight is 356 g/mol. The topological polar surface area (TPSA) is 41.5 Å². The van der Waals surface area contributed by atoms with Crippen molar-refractivity contribution in [3.8, 4) is 5.75 Å². The molecule has 2 unspecified atom stereocenters. The number of hydrogen-bond donors (Lipinski definition) is 0. The summed E-state index contributed by atoms with van der Waals surface area (Å²) in [5.74, 6) is 3.23. The van der Waals surface area contributed by atoms with Crippen molar-refractivity contribution in [2.75, 3.05) is 38.2 Å². The van der Waals surface area contributed by atoms with E-state index in [1.807, 2.05) is 44.0 Å². The lowest BCUT2D eigenvalue weighted by Gasteiger charge is -2.21. The molecule has 5 nitrogen and oxygen atoms in total. The van der Waals surface area contributed by atoms with Crippen LogP contribution in [-0.4, -0.2) is 47.6 Å². The molecule has 2 atom stereocenters. The predicted octanol–water partition coefficient (Wildman–Crippen LogP) is 3.18. The summed E-state index contributed by atoms with van der Waals surface area (Å²) >= 11 is 1.82. The first-order valence-electron chi connectivity index (χ1n) is 8.75. The molecule has 0 saturated carbocycles. The number of methoxy groups -OCH3 is 1. The van der Waals surface area contributed by atoms with Gasteiger partial charge in [-0.25, -0.2) is 14.3 Å². The Hall–Kier alpha value is -1.79. The first-order valence-corrected chi connectivity index (χ1v) is 9.53. The molecule has 3 heterocycles. The molecule has 0 spiro atoms. The monoisotopic (exact) mass is 356 g/mol. The van der Waals surface area contributed by atoms with Gasteiger partial charge in [0.15, 0.2) is 0 Å². The zero-order valence-corrected chi connectivity index (χ0v) is 15.8. The molecule has 2 aliphatic rings. The number of benzene rings is 1. The van der Waals surface area contributed by atoms with Gasteiger partial charge in [0.2, 0.25) is 5.95 Å². The normalized spacial score (nSPS) is 23.1. The second-order valence-electron chi connectivity index (χ2n) is 6.96. The van der Waals surface area contributed by atoms with Crippen LogP contribution >= 0.6 is 11.9 Å². The maximum atomic E-state index is 5.47. The summed E-state index contributed by atoms with van der Waals surface area (Å²) in [6, 6.07) is 10.3. The molecule has 25 heavy (non-hydrogen) atoms. The summed E-state index contributed by atoms with van der Waals surface area (Å²) in [7, 11) is 1.74. The number of aromatic nitrogens is 2. The summed E-state index contributed by atoms with van der Waals surface area (Å²) in [6.07, 6.45) is 0. The van der Waals surface area contributed by atoms with Crippen LogP contribution in [0.25, 0.3) is 0 Å². The van der Waals surface area contributed by atoms with Gasteiger partial charge in [0.05, 0.1) is 12.0 Å². The Bertz CT molecular complexity index is 735. The van der Waals surface area contributed by atoms with E-state index >= 15 is 0 Å². The minimum atomic E-state index is 0.687. The van der Waals surface area contributed by atoms with Gasteiger partial charge in [0.1, 0.15) is 5.75 Å². The van der Waals surface area contributed by atoms with E-state index in [4.69, 9.17) is 4.74 Å². The van der Waals surface area contributed by atoms with Crippen LogP contribution in [0, 0.1) is 25.7 Å². The van der Waals surface area contributed by atoms with E-state index in [-0.39, 0.29) is 0 Å². The van der Waals surface area contributed by atoms with Crippen LogP contribution in [0.1, 0.15) is 11.4 Å².